The van der Waals surface area contributed by atoms with Gasteiger partial charge in [0, 0.05) is 38.4 Å². The molecule has 0 spiro atoms. The quantitative estimate of drug-likeness (QED) is 0.661. The van der Waals surface area contributed by atoms with Gasteiger partial charge in [0.05, 0.1) is 5.69 Å². The molecule has 0 radical (unpaired) electrons. The van der Waals surface area contributed by atoms with Gasteiger partial charge in [-0.3, -0.25) is 4.79 Å². The van der Waals surface area contributed by atoms with E-state index in [2.05, 4.69) is 41.7 Å². The Morgan fingerprint density at radius 3 is 2.76 bits per heavy atom. The summed E-state index contributed by atoms with van der Waals surface area (Å²) in [6, 6.07) is 7.56. The van der Waals surface area contributed by atoms with Crippen LogP contribution in [0.4, 0.5) is 17.5 Å². The van der Waals surface area contributed by atoms with Crippen LogP contribution in [0.25, 0.3) is 0 Å². The van der Waals surface area contributed by atoms with Gasteiger partial charge in [0.1, 0.15) is 28.7 Å². The minimum atomic E-state index is 0.0308. The predicted octanol–water partition coefficient (Wildman–Crippen LogP) is 2.38. The molecule has 10 heteroatoms. The van der Waals surface area contributed by atoms with E-state index in [0.717, 1.165) is 30.2 Å². The van der Waals surface area contributed by atoms with Crippen molar-refractivity contribution in [3.63, 3.8) is 0 Å². The van der Waals surface area contributed by atoms with Crippen LogP contribution in [0.15, 0.2) is 36.8 Å². The number of hydrogen-bond acceptors (Lipinski definition) is 9. The molecule has 1 saturated heterocycles. The number of carbonyl (C=O) groups excluding carboxylic acids is 1. The van der Waals surface area contributed by atoms with E-state index in [1.54, 1.807) is 6.20 Å². The topological polar surface area (TPSA) is 100 Å². The first kappa shape index (κ1) is 19.2. The Kier molecular flexibility index (Phi) is 5.89. The van der Waals surface area contributed by atoms with Gasteiger partial charge in [-0.15, -0.1) is 5.10 Å². The van der Waals surface area contributed by atoms with E-state index >= 15 is 0 Å². The summed E-state index contributed by atoms with van der Waals surface area (Å²) in [5.74, 6) is 2.28. The number of anilines is 3. The fourth-order valence-electron chi connectivity index (χ4n) is 3.21. The van der Waals surface area contributed by atoms with Gasteiger partial charge in [0.2, 0.25) is 0 Å². The van der Waals surface area contributed by atoms with Crippen molar-refractivity contribution in [2.45, 2.75) is 19.8 Å². The highest BCUT2D eigenvalue weighted by molar-refractivity contribution is 7.08. The Balaban J connectivity index is 1.39. The van der Waals surface area contributed by atoms with Gasteiger partial charge < -0.3 is 15.1 Å². The second kappa shape index (κ2) is 8.91. The molecule has 0 unspecified atom stereocenters. The minimum absolute atomic E-state index is 0.0308. The van der Waals surface area contributed by atoms with Gasteiger partial charge in [-0.2, -0.15) is 0 Å². The molecule has 1 aliphatic rings. The third-order valence-electron chi connectivity index (χ3n) is 4.70. The molecule has 3 aromatic rings. The van der Waals surface area contributed by atoms with Gasteiger partial charge in [-0.25, -0.2) is 15.0 Å². The molecule has 0 saturated carbocycles. The van der Waals surface area contributed by atoms with Gasteiger partial charge in [0.25, 0.3) is 5.91 Å². The molecule has 1 N–H and O–H groups in total. The van der Waals surface area contributed by atoms with E-state index in [9.17, 15) is 4.79 Å². The Hall–Kier alpha value is -3.14. The first-order chi connectivity index (χ1) is 14.2. The van der Waals surface area contributed by atoms with Crippen molar-refractivity contribution in [3.8, 4) is 0 Å². The zero-order valence-corrected chi connectivity index (χ0v) is 17.0. The molecule has 150 valence electrons. The van der Waals surface area contributed by atoms with Gasteiger partial charge in [-0.05, 0) is 30.1 Å². The Bertz CT molecular complexity index is 956. The Morgan fingerprint density at radius 2 is 2.00 bits per heavy atom. The van der Waals surface area contributed by atoms with Crippen LogP contribution in [-0.2, 0) is 6.42 Å². The van der Waals surface area contributed by atoms with Crippen molar-refractivity contribution >= 4 is 34.9 Å². The summed E-state index contributed by atoms with van der Waals surface area (Å²) < 4.78 is 3.97. The lowest BCUT2D eigenvalue weighted by molar-refractivity contribution is 0.0750. The summed E-state index contributed by atoms with van der Waals surface area (Å²) >= 11 is 1.19. The number of nitrogens with one attached hydrogen (secondary N) is 1. The van der Waals surface area contributed by atoms with Crippen LogP contribution in [-0.4, -0.2) is 61.5 Å². The zero-order chi connectivity index (χ0) is 20.1. The number of hydrogen-bond donors (Lipinski definition) is 1. The van der Waals surface area contributed by atoms with Crippen molar-refractivity contribution in [1.29, 1.82) is 0 Å². The van der Waals surface area contributed by atoms with Crippen molar-refractivity contribution in [2.75, 3.05) is 36.4 Å². The second-order valence-corrected chi connectivity index (χ2v) is 7.43. The van der Waals surface area contributed by atoms with E-state index in [4.69, 9.17) is 0 Å². The smallest absolute Gasteiger partial charge is 0.267 e. The third kappa shape index (κ3) is 4.48. The van der Waals surface area contributed by atoms with Crippen LogP contribution in [0, 0.1) is 0 Å². The average molecular weight is 411 g/mol. The van der Waals surface area contributed by atoms with Crippen LogP contribution in [0.2, 0.25) is 0 Å². The molecule has 0 aromatic carbocycles. The summed E-state index contributed by atoms with van der Waals surface area (Å²) in [5.41, 5.74) is 0.811. The van der Waals surface area contributed by atoms with E-state index in [-0.39, 0.29) is 5.91 Å². The predicted molar refractivity (Wildman–Crippen MR) is 112 cm³/mol. The highest BCUT2D eigenvalue weighted by Crippen LogP contribution is 2.21. The SMILES string of the molecule is CCCc1nnsc1C(=O)N1CCN(c2cc(Nc3ccccn3)ncn2)CC1. The highest BCUT2D eigenvalue weighted by Gasteiger charge is 2.26. The number of piperazine rings is 1. The average Bonchev–Trinajstić information content (AvgIpc) is 3.23. The van der Waals surface area contributed by atoms with Crippen LogP contribution in [0.5, 0.6) is 0 Å². The fourth-order valence-corrected chi connectivity index (χ4v) is 3.89. The third-order valence-corrected chi connectivity index (χ3v) is 5.46. The van der Waals surface area contributed by atoms with Crippen LogP contribution in [0.3, 0.4) is 0 Å². The molecule has 0 aliphatic carbocycles. The maximum atomic E-state index is 12.9. The second-order valence-electron chi connectivity index (χ2n) is 6.68. The molecule has 0 atom stereocenters. The first-order valence-corrected chi connectivity index (χ1v) is 10.4. The number of rotatable bonds is 6. The number of amides is 1. The van der Waals surface area contributed by atoms with E-state index in [0.29, 0.717) is 36.9 Å². The van der Waals surface area contributed by atoms with Gasteiger partial charge in [-0.1, -0.05) is 23.9 Å². The molecule has 3 aromatic heterocycles. The summed E-state index contributed by atoms with van der Waals surface area (Å²) in [6.45, 7) is 4.76. The van der Waals surface area contributed by atoms with Crippen molar-refractivity contribution in [1.82, 2.24) is 29.4 Å². The maximum Gasteiger partial charge on any atom is 0.267 e. The molecule has 4 rings (SSSR count). The van der Waals surface area contributed by atoms with Crippen molar-refractivity contribution < 1.29 is 4.79 Å². The largest absolute Gasteiger partial charge is 0.353 e. The molecule has 1 aliphatic heterocycles. The molecule has 29 heavy (non-hydrogen) atoms. The van der Waals surface area contributed by atoms with Crippen LogP contribution >= 0.6 is 11.5 Å². The number of pyridine rings is 1. The number of carbonyl (C=O) groups is 1. The normalized spacial score (nSPS) is 14.1. The monoisotopic (exact) mass is 410 g/mol. The van der Waals surface area contributed by atoms with Crippen molar-refractivity contribution in [3.05, 3.63) is 47.4 Å². The summed E-state index contributed by atoms with van der Waals surface area (Å²) in [6.07, 6.45) is 5.00. The maximum absolute atomic E-state index is 12.9. The molecular weight excluding hydrogens is 388 g/mol. The number of aryl methyl sites for hydroxylation is 1. The van der Waals surface area contributed by atoms with E-state index in [1.807, 2.05) is 29.2 Å². The Morgan fingerprint density at radius 1 is 1.14 bits per heavy atom. The van der Waals surface area contributed by atoms with E-state index in [1.165, 1.54) is 17.9 Å². The summed E-state index contributed by atoms with van der Waals surface area (Å²) in [7, 11) is 0. The number of nitrogens with zero attached hydrogens (tertiary/aromatic N) is 7. The summed E-state index contributed by atoms with van der Waals surface area (Å²) in [5, 5.41) is 7.29. The highest BCUT2D eigenvalue weighted by atomic mass is 32.1. The lowest BCUT2D eigenvalue weighted by Crippen LogP contribution is -2.49. The van der Waals surface area contributed by atoms with Crippen molar-refractivity contribution in [2.24, 2.45) is 0 Å². The van der Waals surface area contributed by atoms with Crippen LogP contribution in [0.1, 0.15) is 28.7 Å². The summed E-state index contributed by atoms with van der Waals surface area (Å²) in [4.78, 5) is 30.5. The first-order valence-electron chi connectivity index (χ1n) is 9.60. The molecule has 1 fully saturated rings. The lowest BCUT2D eigenvalue weighted by atomic mass is 10.2. The van der Waals surface area contributed by atoms with Gasteiger partial charge >= 0.3 is 0 Å². The molecular formula is C19H22N8OS. The van der Waals surface area contributed by atoms with E-state index < -0.39 is 0 Å². The van der Waals surface area contributed by atoms with Gasteiger partial charge in [0.15, 0.2) is 0 Å². The van der Waals surface area contributed by atoms with Crippen LogP contribution < -0.4 is 10.2 Å². The molecule has 4 heterocycles. The number of aromatic nitrogens is 5. The molecule has 9 nitrogen and oxygen atoms in total. The minimum Gasteiger partial charge on any atom is -0.353 e. The zero-order valence-electron chi connectivity index (χ0n) is 16.2. The Labute approximate surface area is 173 Å². The molecule has 1 amide bonds. The fraction of sp³-hybridized carbons (Fsp3) is 0.368. The standard InChI is InChI=1S/C19H22N8OS/c1-2-5-14-18(29-25-24-14)19(28)27-10-8-26(9-11-27)17-12-16(21-13-22-17)23-15-6-3-4-7-20-15/h3-4,6-7,12-13H,2,5,8-11H2,1H3,(H,20,21,22,23). The lowest BCUT2D eigenvalue weighted by Gasteiger charge is -2.35. The molecule has 0 bridgehead atoms.